The summed E-state index contributed by atoms with van der Waals surface area (Å²) < 4.78 is 16.1. The molecule has 3 aromatic rings. The minimum atomic E-state index is -0.833. The van der Waals surface area contributed by atoms with Gasteiger partial charge in [0.25, 0.3) is 5.97 Å². The summed E-state index contributed by atoms with van der Waals surface area (Å²) in [6, 6.07) is 7.60. The van der Waals surface area contributed by atoms with Gasteiger partial charge < -0.3 is 41.6 Å². The third-order valence-electron chi connectivity index (χ3n) is 4.43. The molecule has 0 spiro atoms. The SMILES string of the molecule is CC(=O)O.COc1cc(NCc2ccc3nc(N)nc(N)c3c2C)cc(OC)c1OC.O. The summed E-state index contributed by atoms with van der Waals surface area (Å²) in [4.78, 5) is 17.3. The highest BCUT2D eigenvalue weighted by molar-refractivity contribution is 5.92. The first-order chi connectivity index (χ1) is 14.7. The van der Waals surface area contributed by atoms with Gasteiger partial charge in [-0.15, -0.1) is 0 Å². The number of fused-ring (bicyclic) bond motifs is 1. The van der Waals surface area contributed by atoms with Crippen molar-refractivity contribution in [1.29, 1.82) is 0 Å². The molecule has 8 N–H and O–H groups in total. The van der Waals surface area contributed by atoms with E-state index in [2.05, 4.69) is 15.3 Å². The standard InChI is InChI=1S/C19H23N5O3.C2H4O2.H2O/c1-10-11(5-6-13-16(10)18(20)24-19(21)23-13)9-22-12-7-14(25-2)17(27-4)15(8-12)26-3;1-2(3)4;/h5-8,22H,9H2,1-4H3,(H4,20,21,23,24);1H3,(H,3,4);1H2. The number of carboxylic acids is 1. The van der Waals surface area contributed by atoms with Gasteiger partial charge >= 0.3 is 0 Å². The molecule has 0 atom stereocenters. The Hall–Kier alpha value is -3.99. The molecule has 0 aliphatic carbocycles. The third kappa shape index (κ3) is 6.01. The second kappa shape index (κ2) is 11.4. The van der Waals surface area contributed by atoms with Crippen LogP contribution >= 0.6 is 0 Å². The number of ether oxygens (including phenoxy) is 3. The number of aryl methyl sites for hydroxylation is 1. The van der Waals surface area contributed by atoms with Crippen molar-refractivity contribution in [2.45, 2.75) is 20.4 Å². The molecular weight excluding hydrogens is 418 g/mol. The quantitative estimate of drug-likeness (QED) is 0.435. The predicted molar refractivity (Wildman–Crippen MR) is 123 cm³/mol. The topological polar surface area (TPSA) is 186 Å². The van der Waals surface area contributed by atoms with Crippen molar-refractivity contribution in [2.75, 3.05) is 38.1 Å². The van der Waals surface area contributed by atoms with Crippen molar-refractivity contribution < 1.29 is 29.6 Å². The average molecular weight is 447 g/mol. The van der Waals surface area contributed by atoms with Crippen LogP contribution in [0.4, 0.5) is 17.5 Å². The van der Waals surface area contributed by atoms with Gasteiger partial charge in [0, 0.05) is 36.7 Å². The third-order valence-corrected chi connectivity index (χ3v) is 4.43. The molecule has 0 amide bonds. The Morgan fingerprint density at radius 2 is 1.62 bits per heavy atom. The van der Waals surface area contributed by atoms with E-state index in [-0.39, 0.29) is 11.4 Å². The van der Waals surface area contributed by atoms with Crippen LogP contribution in [0.1, 0.15) is 18.1 Å². The lowest BCUT2D eigenvalue weighted by molar-refractivity contribution is -0.134. The van der Waals surface area contributed by atoms with Crippen LogP contribution in [0.2, 0.25) is 0 Å². The van der Waals surface area contributed by atoms with E-state index in [4.69, 9.17) is 35.6 Å². The van der Waals surface area contributed by atoms with E-state index in [0.717, 1.165) is 34.6 Å². The molecule has 1 heterocycles. The Morgan fingerprint density at radius 1 is 1.06 bits per heavy atom. The molecular formula is C21H29N5O6. The van der Waals surface area contributed by atoms with E-state index >= 15 is 0 Å². The summed E-state index contributed by atoms with van der Waals surface area (Å²) in [6.07, 6.45) is 0. The summed E-state index contributed by atoms with van der Waals surface area (Å²) in [5.74, 6) is 1.44. The number of benzene rings is 2. The Balaban J connectivity index is 0.000000945. The van der Waals surface area contributed by atoms with E-state index in [9.17, 15) is 0 Å². The molecule has 0 bridgehead atoms. The summed E-state index contributed by atoms with van der Waals surface area (Å²) in [5, 5.41) is 11.6. The zero-order valence-electron chi connectivity index (χ0n) is 18.6. The fourth-order valence-electron chi connectivity index (χ4n) is 3.06. The van der Waals surface area contributed by atoms with Gasteiger partial charge in [0.1, 0.15) is 5.82 Å². The second-order valence-corrected chi connectivity index (χ2v) is 6.50. The van der Waals surface area contributed by atoms with Crippen molar-refractivity contribution in [3.05, 3.63) is 35.4 Å². The van der Waals surface area contributed by atoms with Gasteiger partial charge in [-0.05, 0) is 24.1 Å². The fraction of sp³-hybridized carbons (Fsp3) is 0.286. The molecule has 11 heteroatoms. The molecule has 32 heavy (non-hydrogen) atoms. The average Bonchev–Trinajstić information content (AvgIpc) is 2.71. The summed E-state index contributed by atoms with van der Waals surface area (Å²) >= 11 is 0. The molecule has 0 aliphatic heterocycles. The first-order valence-corrected chi connectivity index (χ1v) is 9.26. The molecule has 0 fully saturated rings. The highest BCUT2D eigenvalue weighted by Gasteiger charge is 2.14. The maximum atomic E-state index is 9.00. The highest BCUT2D eigenvalue weighted by atomic mass is 16.5. The monoisotopic (exact) mass is 447 g/mol. The molecule has 174 valence electrons. The van der Waals surface area contributed by atoms with Crippen LogP contribution < -0.4 is 31.0 Å². The zero-order chi connectivity index (χ0) is 23.1. The Kier molecular flexibility index (Phi) is 9.29. The number of hydrogen-bond acceptors (Lipinski definition) is 9. The van der Waals surface area contributed by atoms with Crippen molar-refractivity contribution in [2.24, 2.45) is 0 Å². The van der Waals surface area contributed by atoms with Crippen molar-refractivity contribution in [1.82, 2.24) is 9.97 Å². The van der Waals surface area contributed by atoms with Gasteiger partial charge in [0.15, 0.2) is 11.5 Å². The van der Waals surface area contributed by atoms with Gasteiger partial charge in [-0.1, -0.05) is 6.07 Å². The number of nitrogens with two attached hydrogens (primary N) is 2. The normalized spacial score (nSPS) is 9.78. The first kappa shape index (κ1) is 26.0. The molecule has 0 aliphatic rings. The van der Waals surface area contributed by atoms with Crippen LogP contribution in [0.5, 0.6) is 17.2 Å². The minimum Gasteiger partial charge on any atom is -0.493 e. The van der Waals surface area contributed by atoms with Gasteiger partial charge in [-0.2, -0.15) is 4.98 Å². The van der Waals surface area contributed by atoms with Crippen LogP contribution in [0.15, 0.2) is 24.3 Å². The van der Waals surface area contributed by atoms with Crippen molar-refractivity contribution in [3.8, 4) is 17.2 Å². The maximum absolute atomic E-state index is 9.00. The number of aliphatic carboxylic acids is 1. The Labute approximate surface area is 185 Å². The molecule has 3 rings (SSSR count). The molecule has 0 unspecified atom stereocenters. The number of methoxy groups -OCH3 is 3. The number of carboxylic acid groups (broad SMARTS) is 1. The number of nitrogens with zero attached hydrogens (tertiary/aromatic N) is 2. The van der Waals surface area contributed by atoms with Crippen LogP contribution in [0.25, 0.3) is 10.9 Å². The number of nitrogen functional groups attached to an aromatic ring is 2. The predicted octanol–water partition coefficient (Wildman–Crippen LogP) is 2.01. The molecule has 0 saturated heterocycles. The van der Waals surface area contributed by atoms with Gasteiger partial charge in [0.2, 0.25) is 11.7 Å². The van der Waals surface area contributed by atoms with E-state index in [1.165, 1.54) is 0 Å². The lowest BCUT2D eigenvalue weighted by Crippen LogP contribution is -2.06. The maximum Gasteiger partial charge on any atom is 0.300 e. The molecule has 2 aromatic carbocycles. The van der Waals surface area contributed by atoms with E-state index < -0.39 is 5.97 Å². The van der Waals surface area contributed by atoms with E-state index in [1.54, 1.807) is 21.3 Å². The summed E-state index contributed by atoms with van der Waals surface area (Å²) in [7, 11) is 4.75. The number of anilines is 3. The Bertz CT molecular complexity index is 1060. The lowest BCUT2D eigenvalue weighted by Gasteiger charge is -2.16. The molecule has 0 saturated carbocycles. The summed E-state index contributed by atoms with van der Waals surface area (Å²) in [5.41, 5.74) is 15.4. The molecule has 11 nitrogen and oxygen atoms in total. The van der Waals surface area contributed by atoms with Crippen molar-refractivity contribution in [3.63, 3.8) is 0 Å². The molecule has 1 aromatic heterocycles. The largest absolute Gasteiger partial charge is 0.493 e. The van der Waals surface area contributed by atoms with Crippen LogP contribution in [0.3, 0.4) is 0 Å². The number of carbonyl (C=O) groups is 1. The lowest BCUT2D eigenvalue weighted by atomic mass is 10.0. The summed E-state index contributed by atoms with van der Waals surface area (Å²) in [6.45, 7) is 3.65. The Morgan fingerprint density at radius 3 is 2.12 bits per heavy atom. The van der Waals surface area contributed by atoms with Crippen molar-refractivity contribution >= 4 is 34.3 Å². The fourth-order valence-corrected chi connectivity index (χ4v) is 3.06. The van der Waals surface area contributed by atoms with Gasteiger partial charge in [0.05, 0.1) is 26.8 Å². The van der Waals surface area contributed by atoms with Crippen LogP contribution in [-0.2, 0) is 11.3 Å². The second-order valence-electron chi connectivity index (χ2n) is 6.50. The van der Waals surface area contributed by atoms with Gasteiger partial charge in [-0.3, -0.25) is 4.79 Å². The minimum absolute atomic E-state index is 0. The van der Waals surface area contributed by atoms with Gasteiger partial charge in [-0.25, -0.2) is 4.98 Å². The van der Waals surface area contributed by atoms with Crippen LogP contribution in [-0.4, -0.2) is 47.8 Å². The van der Waals surface area contributed by atoms with Crippen LogP contribution in [0, 0.1) is 6.92 Å². The number of nitrogens with one attached hydrogen (secondary N) is 1. The zero-order valence-corrected chi connectivity index (χ0v) is 18.6. The smallest absolute Gasteiger partial charge is 0.300 e. The van der Waals surface area contributed by atoms with E-state index in [0.29, 0.717) is 29.6 Å². The number of rotatable bonds is 6. The highest BCUT2D eigenvalue weighted by Crippen LogP contribution is 2.40. The van der Waals surface area contributed by atoms with E-state index in [1.807, 2.05) is 31.2 Å². The first-order valence-electron chi connectivity index (χ1n) is 9.26. The number of hydrogen-bond donors (Lipinski definition) is 4. The molecule has 0 radical (unpaired) electrons. The number of aromatic nitrogens is 2.